The fraction of sp³-hybridized carbons (Fsp3) is 0.533. The third-order valence-electron chi connectivity index (χ3n) is 4.23. The number of aliphatic carboxylic acids is 1. The second-order valence-electron chi connectivity index (χ2n) is 5.44. The number of aryl methyl sites for hydroxylation is 2. The van der Waals surface area contributed by atoms with E-state index in [1.54, 1.807) is 6.92 Å². The summed E-state index contributed by atoms with van der Waals surface area (Å²) in [5.41, 5.74) is 5.11. The van der Waals surface area contributed by atoms with E-state index in [-0.39, 0.29) is 0 Å². The minimum atomic E-state index is -0.731. The summed E-state index contributed by atoms with van der Waals surface area (Å²) >= 11 is 0. The van der Waals surface area contributed by atoms with E-state index in [2.05, 4.69) is 17.0 Å². The highest BCUT2D eigenvalue weighted by Gasteiger charge is 2.26. The lowest BCUT2D eigenvalue weighted by atomic mass is 9.87. The van der Waals surface area contributed by atoms with Crippen molar-refractivity contribution in [1.82, 2.24) is 0 Å². The van der Waals surface area contributed by atoms with E-state index in [0.29, 0.717) is 0 Å². The molecule has 96 valence electrons. The van der Waals surface area contributed by atoms with Crippen LogP contribution in [0.4, 0.5) is 5.69 Å². The Morgan fingerprint density at radius 3 is 2.28 bits per heavy atom. The average Bonchev–Trinajstić information content (AvgIpc) is 2.38. The van der Waals surface area contributed by atoms with Gasteiger partial charge in [-0.2, -0.15) is 0 Å². The summed E-state index contributed by atoms with van der Waals surface area (Å²) in [7, 11) is 0. The molecule has 0 fully saturated rings. The maximum atomic E-state index is 11.1. The van der Waals surface area contributed by atoms with Crippen LogP contribution in [0.15, 0.2) is 12.1 Å². The predicted octanol–water partition coefficient (Wildman–Crippen LogP) is 2.57. The molecule has 1 unspecified atom stereocenters. The Hall–Kier alpha value is -1.51. The molecule has 2 heterocycles. The normalized spacial score (nSPS) is 19.3. The van der Waals surface area contributed by atoms with Gasteiger partial charge in [-0.25, -0.2) is 0 Å². The van der Waals surface area contributed by atoms with E-state index in [1.807, 2.05) is 0 Å². The molecule has 0 saturated carbocycles. The first kappa shape index (κ1) is 11.6. The number of carboxylic acids is 1. The van der Waals surface area contributed by atoms with Crippen molar-refractivity contribution in [3.63, 3.8) is 0 Å². The summed E-state index contributed by atoms with van der Waals surface area (Å²) in [6.07, 6.45) is 4.58. The minimum absolute atomic E-state index is 0.399. The number of benzene rings is 1. The van der Waals surface area contributed by atoms with Crippen LogP contribution in [-0.4, -0.2) is 24.2 Å². The molecule has 0 bridgehead atoms. The van der Waals surface area contributed by atoms with E-state index in [1.165, 1.54) is 29.7 Å². The van der Waals surface area contributed by atoms with Gasteiger partial charge in [-0.3, -0.25) is 4.79 Å². The SMILES string of the molecule is CC(C(=O)O)c1cc2c3c(c1)CCCN3CCC2. The van der Waals surface area contributed by atoms with Crippen LogP contribution >= 0.6 is 0 Å². The molecule has 18 heavy (non-hydrogen) atoms. The van der Waals surface area contributed by atoms with Crippen molar-refractivity contribution in [1.29, 1.82) is 0 Å². The molecule has 0 saturated heterocycles. The molecule has 3 nitrogen and oxygen atoms in total. The second kappa shape index (κ2) is 4.30. The molecular weight excluding hydrogens is 226 g/mol. The molecule has 2 aliphatic rings. The maximum absolute atomic E-state index is 11.1. The highest BCUT2D eigenvalue weighted by molar-refractivity contribution is 5.77. The zero-order valence-corrected chi connectivity index (χ0v) is 10.8. The molecule has 1 N–H and O–H groups in total. The van der Waals surface area contributed by atoms with Crippen molar-refractivity contribution in [3.8, 4) is 0 Å². The molecule has 1 aromatic carbocycles. The van der Waals surface area contributed by atoms with Gasteiger partial charge in [0.25, 0.3) is 0 Å². The lowest BCUT2D eigenvalue weighted by molar-refractivity contribution is -0.138. The molecule has 3 rings (SSSR count). The zero-order valence-electron chi connectivity index (χ0n) is 10.8. The van der Waals surface area contributed by atoms with Crippen LogP contribution in [-0.2, 0) is 17.6 Å². The van der Waals surface area contributed by atoms with Crippen molar-refractivity contribution in [3.05, 3.63) is 28.8 Å². The summed E-state index contributed by atoms with van der Waals surface area (Å²) in [5, 5.41) is 9.16. The van der Waals surface area contributed by atoms with Crippen LogP contribution < -0.4 is 4.90 Å². The Bertz CT molecular complexity index is 464. The van der Waals surface area contributed by atoms with Gasteiger partial charge in [0.05, 0.1) is 5.92 Å². The largest absolute Gasteiger partial charge is 0.481 e. The van der Waals surface area contributed by atoms with Crippen molar-refractivity contribution < 1.29 is 9.90 Å². The molecule has 1 atom stereocenters. The molecule has 2 aliphatic heterocycles. The number of rotatable bonds is 2. The fourth-order valence-electron chi connectivity index (χ4n) is 3.22. The van der Waals surface area contributed by atoms with Crippen LogP contribution in [0.2, 0.25) is 0 Å². The minimum Gasteiger partial charge on any atom is -0.481 e. The van der Waals surface area contributed by atoms with Gasteiger partial charge < -0.3 is 10.0 Å². The van der Waals surface area contributed by atoms with Crippen LogP contribution in [0, 0.1) is 0 Å². The van der Waals surface area contributed by atoms with Gasteiger partial charge in [0, 0.05) is 18.8 Å². The average molecular weight is 245 g/mol. The van der Waals surface area contributed by atoms with Gasteiger partial charge in [-0.15, -0.1) is 0 Å². The lowest BCUT2D eigenvalue weighted by Crippen LogP contribution is -2.34. The monoisotopic (exact) mass is 245 g/mol. The van der Waals surface area contributed by atoms with E-state index in [9.17, 15) is 4.79 Å². The van der Waals surface area contributed by atoms with Gasteiger partial charge in [-0.1, -0.05) is 12.1 Å². The first-order valence-electron chi connectivity index (χ1n) is 6.80. The van der Waals surface area contributed by atoms with E-state index in [0.717, 1.165) is 31.5 Å². The Balaban J connectivity index is 2.08. The summed E-state index contributed by atoms with van der Waals surface area (Å²) in [6.45, 7) is 4.10. The van der Waals surface area contributed by atoms with Crippen LogP contribution in [0.1, 0.15) is 42.4 Å². The molecule has 1 aromatic rings. The fourth-order valence-corrected chi connectivity index (χ4v) is 3.22. The topological polar surface area (TPSA) is 40.5 Å². The quantitative estimate of drug-likeness (QED) is 0.870. The van der Waals surface area contributed by atoms with Crippen molar-refractivity contribution >= 4 is 11.7 Å². The zero-order chi connectivity index (χ0) is 12.7. The number of hydrogen-bond acceptors (Lipinski definition) is 2. The highest BCUT2D eigenvalue weighted by atomic mass is 16.4. The molecule has 0 aliphatic carbocycles. The van der Waals surface area contributed by atoms with Gasteiger partial charge in [0.1, 0.15) is 0 Å². The lowest BCUT2D eigenvalue weighted by Gasteiger charge is -2.37. The molecule has 0 aromatic heterocycles. The maximum Gasteiger partial charge on any atom is 0.310 e. The summed E-state index contributed by atoms with van der Waals surface area (Å²) in [4.78, 5) is 13.6. The van der Waals surface area contributed by atoms with E-state index >= 15 is 0 Å². The number of hydrogen-bond donors (Lipinski definition) is 1. The molecule has 0 amide bonds. The van der Waals surface area contributed by atoms with E-state index in [4.69, 9.17) is 5.11 Å². The Morgan fingerprint density at radius 1 is 1.22 bits per heavy atom. The third kappa shape index (κ3) is 1.78. The predicted molar refractivity (Wildman–Crippen MR) is 71.3 cm³/mol. The van der Waals surface area contributed by atoms with Crippen molar-refractivity contribution in [2.45, 2.75) is 38.5 Å². The highest BCUT2D eigenvalue weighted by Crippen LogP contribution is 2.37. The number of nitrogens with zero attached hydrogens (tertiary/aromatic N) is 1. The number of anilines is 1. The van der Waals surface area contributed by atoms with Gasteiger partial charge in [0.2, 0.25) is 0 Å². The molecular formula is C15H19NO2. The standard InChI is InChI=1S/C15H19NO2/c1-10(15(17)18)13-8-11-4-2-6-16-7-3-5-12(9-13)14(11)16/h8-10H,2-7H2,1H3,(H,17,18). The molecule has 0 spiro atoms. The van der Waals surface area contributed by atoms with Gasteiger partial charge in [0.15, 0.2) is 0 Å². The molecule has 0 radical (unpaired) electrons. The van der Waals surface area contributed by atoms with Crippen molar-refractivity contribution in [2.75, 3.05) is 18.0 Å². The first-order valence-corrected chi connectivity index (χ1v) is 6.80. The first-order chi connectivity index (χ1) is 8.66. The Labute approximate surface area is 107 Å². The van der Waals surface area contributed by atoms with Crippen LogP contribution in [0.25, 0.3) is 0 Å². The third-order valence-corrected chi connectivity index (χ3v) is 4.23. The number of carbonyl (C=O) groups is 1. The summed E-state index contributed by atoms with van der Waals surface area (Å²) in [6, 6.07) is 4.24. The smallest absolute Gasteiger partial charge is 0.310 e. The Kier molecular flexibility index (Phi) is 2.77. The van der Waals surface area contributed by atoms with Crippen LogP contribution in [0.3, 0.4) is 0 Å². The second-order valence-corrected chi connectivity index (χ2v) is 5.44. The number of carboxylic acid groups (broad SMARTS) is 1. The van der Waals surface area contributed by atoms with Crippen molar-refractivity contribution in [2.24, 2.45) is 0 Å². The van der Waals surface area contributed by atoms with Crippen LogP contribution in [0.5, 0.6) is 0 Å². The Morgan fingerprint density at radius 2 is 1.78 bits per heavy atom. The van der Waals surface area contributed by atoms with E-state index < -0.39 is 11.9 Å². The molecule has 3 heteroatoms. The van der Waals surface area contributed by atoms with Gasteiger partial charge >= 0.3 is 5.97 Å². The summed E-state index contributed by atoms with van der Waals surface area (Å²) in [5.74, 6) is -1.13. The summed E-state index contributed by atoms with van der Waals surface area (Å²) < 4.78 is 0. The van der Waals surface area contributed by atoms with Gasteiger partial charge in [-0.05, 0) is 49.3 Å².